The molecule has 3 rings (SSSR count). The molecule has 2 aromatic heterocycles. The number of rotatable bonds is 3. The smallest absolute Gasteiger partial charge is 0.257 e. The number of nitrogens with one attached hydrogen (secondary N) is 1. The summed E-state index contributed by atoms with van der Waals surface area (Å²) in [5, 5.41) is 3.32. The first-order chi connectivity index (χ1) is 10.1. The van der Waals surface area contributed by atoms with Crippen molar-refractivity contribution in [1.82, 2.24) is 9.36 Å². The highest BCUT2D eigenvalue weighted by atomic mass is 32.1. The molecule has 0 atom stereocenters. The van der Waals surface area contributed by atoms with Crippen molar-refractivity contribution in [2.75, 3.05) is 5.32 Å². The van der Waals surface area contributed by atoms with Crippen molar-refractivity contribution in [3.05, 3.63) is 52.4 Å². The van der Waals surface area contributed by atoms with Gasteiger partial charge < -0.3 is 0 Å². The fourth-order valence-electron chi connectivity index (χ4n) is 1.92. The van der Waals surface area contributed by atoms with E-state index in [-0.39, 0.29) is 5.91 Å². The molecule has 106 valence electrons. The minimum atomic E-state index is -0.154. The van der Waals surface area contributed by atoms with Gasteiger partial charge in [0.05, 0.1) is 4.88 Å². The van der Waals surface area contributed by atoms with Gasteiger partial charge in [-0.2, -0.15) is 9.36 Å². The first kappa shape index (κ1) is 13.9. The Morgan fingerprint density at radius 3 is 2.67 bits per heavy atom. The van der Waals surface area contributed by atoms with E-state index in [2.05, 4.69) is 14.7 Å². The molecule has 2 heterocycles. The second kappa shape index (κ2) is 5.75. The fraction of sp³-hybridized carbons (Fsp3) is 0.133. The Hall–Kier alpha value is -2.05. The molecule has 0 saturated heterocycles. The van der Waals surface area contributed by atoms with Gasteiger partial charge in [0.25, 0.3) is 5.91 Å². The number of amides is 1. The van der Waals surface area contributed by atoms with Crippen molar-refractivity contribution in [3.63, 3.8) is 0 Å². The van der Waals surface area contributed by atoms with Crippen molar-refractivity contribution >= 4 is 33.9 Å². The zero-order chi connectivity index (χ0) is 14.8. The maximum absolute atomic E-state index is 12.2. The van der Waals surface area contributed by atoms with E-state index in [0.29, 0.717) is 16.5 Å². The summed E-state index contributed by atoms with van der Waals surface area (Å²) < 4.78 is 4.30. The summed E-state index contributed by atoms with van der Waals surface area (Å²) in [6.07, 6.45) is 0. The summed E-state index contributed by atoms with van der Waals surface area (Å²) in [5.74, 6) is 0.511. The summed E-state index contributed by atoms with van der Waals surface area (Å²) in [5.41, 5.74) is 1.59. The lowest BCUT2D eigenvalue weighted by molar-refractivity contribution is 0.102. The Bertz CT molecular complexity index is 792. The van der Waals surface area contributed by atoms with Crippen LogP contribution in [0.4, 0.5) is 5.13 Å². The van der Waals surface area contributed by atoms with Crippen LogP contribution in [0.15, 0.2) is 36.4 Å². The Kier molecular flexibility index (Phi) is 3.81. The van der Waals surface area contributed by atoms with E-state index in [1.807, 2.05) is 44.2 Å². The number of hydrogen-bond donors (Lipinski definition) is 1. The number of aryl methyl sites for hydroxylation is 2. The normalized spacial score (nSPS) is 10.6. The molecule has 3 aromatic rings. The van der Waals surface area contributed by atoms with Crippen LogP contribution in [0.2, 0.25) is 0 Å². The van der Waals surface area contributed by atoms with Gasteiger partial charge in [0.15, 0.2) is 5.82 Å². The zero-order valence-electron chi connectivity index (χ0n) is 11.6. The Morgan fingerprint density at radius 2 is 1.95 bits per heavy atom. The minimum Gasteiger partial charge on any atom is -0.297 e. The van der Waals surface area contributed by atoms with E-state index < -0.39 is 0 Å². The lowest BCUT2D eigenvalue weighted by atomic mass is 10.1. The lowest BCUT2D eigenvalue weighted by Gasteiger charge is -2.03. The number of carbonyl (C=O) groups excluding carboxylic acids is 1. The highest BCUT2D eigenvalue weighted by Gasteiger charge is 2.13. The molecule has 1 aromatic carbocycles. The Balaban J connectivity index is 1.79. The average Bonchev–Trinajstić information content (AvgIpc) is 3.08. The predicted molar refractivity (Wildman–Crippen MR) is 87.1 cm³/mol. The third-order valence-electron chi connectivity index (χ3n) is 3.00. The van der Waals surface area contributed by atoms with Crippen molar-refractivity contribution in [2.24, 2.45) is 0 Å². The molecule has 0 unspecified atom stereocenters. The molecule has 0 fully saturated rings. The van der Waals surface area contributed by atoms with Gasteiger partial charge in [-0.05, 0) is 37.6 Å². The molecule has 0 aliphatic rings. The molecule has 0 bridgehead atoms. The van der Waals surface area contributed by atoms with Crippen molar-refractivity contribution in [3.8, 4) is 10.7 Å². The second-order valence-electron chi connectivity index (χ2n) is 4.60. The molecule has 1 amide bonds. The zero-order valence-corrected chi connectivity index (χ0v) is 13.2. The molecular weight excluding hydrogens is 302 g/mol. The maximum Gasteiger partial charge on any atom is 0.257 e. The largest absolute Gasteiger partial charge is 0.297 e. The van der Waals surface area contributed by atoms with E-state index in [9.17, 15) is 4.79 Å². The van der Waals surface area contributed by atoms with E-state index in [0.717, 1.165) is 10.4 Å². The minimum absolute atomic E-state index is 0.154. The summed E-state index contributed by atoms with van der Waals surface area (Å²) in [7, 11) is 0. The molecule has 0 aliphatic heterocycles. The van der Waals surface area contributed by atoms with Gasteiger partial charge >= 0.3 is 0 Å². The van der Waals surface area contributed by atoms with Gasteiger partial charge in [-0.15, -0.1) is 11.3 Å². The highest BCUT2D eigenvalue weighted by Crippen LogP contribution is 2.27. The molecule has 0 radical (unpaired) electrons. The Morgan fingerprint density at radius 1 is 1.14 bits per heavy atom. The lowest BCUT2D eigenvalue weighted by Crippen LogP contribution is -2.12. The van der Waals surface area contributed by atoms with E-state index >= 15 is 0 Å². The summed E-state index contributed by atoms with van der Waals surface area (Å²) in [4.78, 5) is 18.8. The predicted octanol–water partition coefficient (Wildman–Crippen LogP) is 4.14. The first-order valence-electron chi connectivity index (χ1n) is 6.41. The van der Waals surface area contributed by atoms with Crippen LogP contribution in [-0.4, -0.2) is 15.3 Å². The van der Waals surface area contributed by atoms with Gasteiger partial charge in [0.2, 0.25) is 5.13 Å². The Labute approximate surface area is 130 Å². The van der Waals surface area contributed by atoms with Crippen LogP contribution in [0.1, 0.15) is 20.8 Å². The third-order valence-corrected chi connectivity index (χ3v) is 4.62. The third kappa shape index (κ3) is 3.01. The monoisotopic (exact) mass is 315 g/mol. The van der Waals surface area contributed by atoms with Gasteiger partial charge in [-0.1, -0.05) is 18.2 Å². The van der Waals surface area contributed by atoms with Crippen LogP contribution in [0.5, 0.6) is 0 Å². The van der Waals surface area contributed by atoms with Gasteiger partial charge in [-0.25, -0.2) is 0 Å². The SMILES string of the molecule is Cc1ccc(-c2nsc(NC(=O)c3ccccc3C)n2)s1. The van der Waals surface area contributed by atoms with Crippen LogP contribution >= 0.6 is 22.9 Å². The van der Waals surface area contributed by atoms with E-state index in [4.69, 9.17) is 0 Å². The molecule has 4 nitrogen and oxygen atoms in total. The number of hydrogen-bond acceptors (Lipinski definition) is 5. The van der Waals surface area contributed by atoms with E-state index in [1.165, 1.54) is 16.4 Å². The van der Waals surface area contributed by atoms with Crippen molar-refractivity contribution in [1.29, 1.82) is 0 Å². The first-order valence-corrected chi connectivity index (χ1v) is 8.00. The molecule has 0 saturated carbocycles. The number of aromatic nitrogens is 2. The average molecular weight is 315 g/mol. The van der Waals surface area contributed by atoms with Crippen LogP contribution < -0.4 is 5.32 Å². The number of anilines is 1. The van der Waals surface area contributed by atoms with Gasteiger partial charge in [-0.3, -0.25) is 10.1 Å². The van der Waals surface area contributed by atoms with Gasteiger partial charge in [0, 0.05) is 22.0 Å². The summed E-state index contributed by atoms with van der Waals surface area (Å²) >= 11 is 2.84. The number of nitrogens with zero attached hydrogens (tertiary/aromatic N) is 2. The van der Waals surface area contributed by atoms with Crippen LogP contribution in [0, 0.1) is 13.8 Å². The number of thiophene rings is 1. The topological polar surface area (TPSA) is 54.9 Å². The standard InChI is InChI=1S/C15H13N3OS2/c1-9-5-3-4-6-11(9)14(19)17-15-16-13(18-21-15)12-8-7-10(2)20-12/h3-8H,1-2H3,(H,16,17,18,19). The van der Waals surface area contributed by atoms with Crippen molar-refractivity contribution < 1.29 is 4.79 Å². The molecule has 0 spiro atoms. The van der Waals surface area contributed by atoms with Gasteiger partial charge in [0.1, 0.15) is 0 Å². The fourth-order valence-corrected chi connectivity index (χ4v) is 3.36. The molecule has 6 heteroatoms. The molecule has 21 heavy (non-hydrogen) atoms. The highest BCUT2D eigenvalue weighted by molar-refractivity contribution is 7.15. The quantitative estimate of drug-likeness (QED) is 0.790. The van der Waals surface area contributed by atoms with Crippen molar-refractivity contribution in [2.45, 2.75) is 13.8 Å². The molecule has 1 N–H and O–H groups in total. The second-order valence-corrected chi connectivity index (χ2v) is 6.64. The van der Waals surface area contributed by atoms with Crippen LogP contribution in [-0.2, 0) is 0 Å². The van der Waals surface area contributed by atoms with E-state index in [1.54, 1.807) is 17.4 Å². The summed E-state index contributed by atoms with van der Waals surface area (Å²) in [6.45, 7) is 3.95. The molecule has 0 aliphatic carbocycles. The number of benzene rings is 1. The number of carbonyl (C=O) groups is 1. The summed E-state index contributed by atoms with van der Waals surface area (Å²) in [6, 6.07) is 11.5. The van der Waals surface area contributed by atoms with Crippen LogP contribution in [0.3, 0.4) is 0 Å². The van der Waals surface area contributed by atoms with Crippen LogP contribution in [0.25, 0.3) is 10.7 Å². The molecular formula is C15H13N3OS2. The maximum atomic E-state index is 12.2.